The van der Waals surface area contributed by atoms with E-state index in [1.807, 2.05) is 0 Å². The summed E-state index contributed by atoms with van der Waals surface area (Å²) in [6.45, 7) is 0.912. The molecule has 0 spiro atoms. The van der Waals surface area contributed by atoms with Gasteiger partial charge < -0.3 is 107 Å². The number of imide groups is 1. The van der Waals surface area contributed by atoms with Gasteiger partial charge in [0.15, 0.2) is 18.9 Å². The third kappa shape index (κ3) is 19.1. The van der Waals surface area contributed by atoms with E-state index in [1.54, 1.807) is 0 Å². The van der Waals surface area contributed by atoms with Gasteiger partial charge in [-0.2, -0.15) is 0 Å². The highest BCUT2D eigenvalue weighted by molar-refractivity contribution is 6.15. The van der Waals surface area contributed by atoms with Crippen molar-refractivity contribution in [1.82, 2.24) is 25.8 Å². The standard InChI is InChI=1S/C45H78N10O21/c1-23(56)51-14-8-6-7-11-17-55-28(57)19-27(54(45(55)67)18-12-13-29(58)68-3)52-15-9-4-5-10-16-53-44(66)71-22-26-37(75-40-30(46)34(60)33(59)24(73-40)20-69-42(48)64)35(61)31(47)41(74-26)76-38-25(21-70-43(49)65)72-39(63)32(50-2)36(38)62/h24-26,30-41,50,59-63H,4-22,46-47H2,1-3H3,(H2,48,64)(H2,49,65)(H,51,56)(H,53,66). The van der Waals surface area contributed by atoms with Gasteiger partial charge in [0.2, 0.25) is 11.8 Å². The van der Waals surface area contributed by atoms with Crippen molar-refractivity contribution >= 4 is 47.9 Å². The van der Waals surface area contributed by atoms with Gasteiger partial charge in [0.25, 0.3) is 0 Å². The monoisotopic (exact) mass is 1090 g/mol. The second kappa shape index (κ2) is 31.9. The molecule has 0 aliphatic carbocycles. The number of amidine groups is 1. The molecule has 4 aliphatic heterocycles. The zero-order valence-corrected chi connectivity index (χ0v) is 43.0. The molecule has 31 heteroatoms. The number of hydrogen-bond acceptors (Lipinski definition) is 25. The summed E-state index contributed by atoms with van der Waals surface area (Å²) in [7, 11) is 2.69. The van der Waals surface area contributed by atoms with Gasteiger partial charge in [-0.3, -0.25) is 29.2 Å². The summed E-state index contributed by atoms with van der Waals surface area (Å²) in [6, 6.07) is -4.67. The minimum Gasteiger partial charge on any atom is -0.469 e. The van der Waals surface area contributed by atoms with Gasteiger partial charge in [0.05, 0.1) is 31.7 Å². The summed E-state index contributed by atoms with van der Waals surface area (Å²) >= 11 is 0. The lowest BCUT2D eigenvalue weighted by molar-refractivity contribution is -0.348. The van der Waals surface area contributed by atoms with E-state index >= 15 is 0 Å². The van der Waals surface area contributed by atoms with Crippen molar-refractivity contribution in [2.24, 2.45) is 27.9 Å². The molecule has 4 rings (SSSR count). The van der Waals surface area contributed by atoms with E-state index in [2.05, 4.69) is 20.9 Å². The number of aliphatic hydroxyl groups is 5. The number of likely N-dealkylation sites (N-methyl/N-ethyl adjacent to an activating group) is 1. The van der Waals surface area contributed by atoms with Gasteiger partial charge in [0.1, 0.15) is 80.6 Å². The Kier molecular flexibility index (Phi) is 26.6. The number of esters is 1. The molecule has 4 aliphatic rings. The number of rotatable bonds is 29. The molecule has 4 heterocycles. The minimum atomic E-state index is -1.79. The molecule has 0 aromatic carbocycles. The van der Waals surface area contributed by atoms with E-state index in [4.69, 9.17) is 65.6 Å². The first-order chi connectivity index (χ1) is 36.2. The first-order valence-electron chi connectivity index (χ1n) is 25.3. The van der Waals surface area contributed by atoms with E-state index < -0.39 is 142 Å². The molecule has 76 heavy (non-hydrogen) atoms. The first kappa shape index (κ1) is 63.4. The second-order valence-corrected chi connectivity index (χ2v) is 18.5. The van der Waals surface area contributed by atoms with Gasteiger partial charge in [-0.25, -0.2) is 19.2 Å². The molecule has 434 valence electrons. The van der Waals surface area contributed by atoms with Gasteiger partial charge in [-0.15, -0.1) is 0 Å². The smallest absolute Gasteiger partial charge is 0.407 e. The molecule has 15 unspecified atom stereocenters. The van der Waals surface area contributed by atoms with Crippen LogP contribution in [0.5, 0.6) is 0 Å². The second-order valence-electron chi connectivity index (χ2n) is 18.5. The van der Waals surface area contributed by atoms with E-state index in [0.717, 1.165) is 19.3 Å². The van der Waals surface area contributed by atoms with Crippen LogP contribution in [0.15, 0.2) is 4.99 Å². The molecule has 0 radical (unpaired) electrons. The predicted octanol–water partition coefficient (Wildman–Crippen LogP) is -4.21. The number of alkyl carbamates (subject to hydrolysis) is 1. The van der Waals surface area contributed by atoms with Crippen molar-refractivity contribution in [2.75, 3.05) is 66.7 Å². The predicted molar refractivity (Wildman–Crippen MR) is 259 cm³/mol. The number of methoxy groups -OCH3 is 1. The van der Waals surface area contributed by atoms with Gasteiger partial charge in [-0.1, -0.05) is 25.7 Å². The van der Waals surface area contributed by atoms with Crippen LogP contribution in [0.1, 0.15) is 77.6 Å². The number of primary amides is 2. The number of hydrogen-bond donors (Lipinski definition) is 12. The van der Waals surface area contributed by atoms with Crippen LogP contribution in [0.25, 0.3) is 0 Å². The third-order valence-electron chi connectivity index (χ3n) is 12.9. The Balaban J connectivity index is 1.35. The van der Waals surface area contributed by atoms with Crippen LogP contribution < -0.4 is 38.9 Å². The van der Waals surface area contributed by atoms with E-state index in [9.17, 15) is 59.1 Å². The molecular weight excluding hydrogens is 1020 g/mol. The van der Waals surface area contributed by atoms with Crippen molar-refractivity contribution in [3.63, 3.8) is 0 Å². The fraction of sp³-hybridized carbons (Fsp3) is 0.822. The number of nitrogens with two attached hydrogens (primary N) is 4. The Morgan fingerprint density at radius 3 is 1.83 bits per heavy atom. The number of unbranched alkanes of at least 4 members (excludes halogenated alkanes) is 6. The average Bonchev–Trinajstić information content (AvgIpc) is 3.37. The first-order valence-corrected chi connectivity index (χ1v) is 25.3. The molecule has 31 nitrogen and oxygen atoms in total. The topological polar surface area (TPSA) is 463 Å². The SMILES string of the molecule is CNC1C(O)OC(COC(N)=O)C(OC2OC(COC(=O)NCCCCCCN=C3CC(=O)N(CCCCCCNC(C)=O)C(=O)N3CCCC(=O)OC)C(OC3OC(COC(N)=O)C(O)C(O)C3N)C(O)C2N)C1O. The van der Waals surface area contributed by atoms with Crippen LogP contribution in [-0.4, -0.2) is 242 Å². The molecule has 0 saturated carbocycles. The van der Waals surface area contributed by atoms with Crippen molar-refractivity contribution in [1.29, 1.82) is 0 Å². The highest BCUT2D eigenvalue weighted by Crippen LogP contribution is 2.32. The lowest BCUT2D eigenvalue weighted by Gasteiger charge is -2.49. The maximum Gasteiger partial charge on any atom is 0.407 e. The molecule has 16 N–H and O–H groups in total. The van der Waals surface area contributed by atoms with Crippen molar-refractivity contribution in [2.45, 2.75) is 169 Å². The molecule has 15 atom stereocenters. The number of ether oxygens (including phenoxy) is 9. The Morgan fingerprint density at radius 2 is 1.21 bits per heavy atom. The molecule has 0 bridgehead atoms. The van der Waals surface area contributed by atoms with Crippen LogP contribution in [0.4, 0.5) is 19.2 Å². The largest absolute Gasteiger partial charge is 0.469 e. The van der Waals surface area contributed by atoms with Crippen LogP contribution in [0.2, 0.25) is 0 Å². The number of amides is 7. The molecule has 7 amide bonds. The number of aliphatic imine (C=N–C) groups is 1. The average molecular weight is 1100 g/mol. The van der Waals surface area contributed by atoms with Crippen molar-refractivity contribution < 1.29 is 102 Å². The number of nitrogens with one attached hydrogen (secondary N) is 3. The lowest BCUT2D eigenvalue weighted by Crippen LogP contribution is -2.69. The van der Waals surface area contributed by atoms with Gasteiger partial charge >= 0.3 is 30.3 Å². The summed E-state index contributed by atoms with van der Waals surface area (Å²) < 4.78 is 49.2. The van der Waals surface area contributed by atoms with E-state index in [1.165, 1.54) is 30.9 Å². The molecule has 4 saturated heterocycles. The molecule has 0 aromatic heterocycles. The summed E-state index contributed by atoms with van der Waals surface area (Å²) in [4.78, 5) is 92.6. The zero-order chi connectivity index (χ0) is 56.1. The van der Waals surface area contributed by atoms with E-state index in [0.29, 0.717) is 57.5 Å². The highest BCUT2D eigenvalue weighted by atomic mass is 16.7. The van der Waals surface area contributed by atoms with Crippen LogP contribution in [-0.2, 0) is 57.0 Å². The van der Waals surface area contributed by atoms with Gasteiger partial charge in [-0.05, 0) is 39.2 Å². The number of aliphatic hydroxyl groups excluding tert-OH is 5. The summed E-state index contributed by atoms with van der Waals surface area (Å²) in [5.74, 6) is -0.605. The van der Waals surface area contributed by atoms with Gasteiger partial charge in [0, 0.05) is 46.1 Å². The molecule has 4 fully saturated rings. The Morgan fingerprint density at radius 1 is 0.671 bits per heavy atom. The zero-order valence-electron chi connectivity index (χ0n) is 43.0. The lowest BCUT2D eigenvalue weighted by atomic mass is 9.94. The number of nitrogens with zero attached hydrogens (tertiary/aromatic N) is 3. The van der Waals surface area contributed by atoms with Crippen molar-refractivity contribution in [3.05, 3.63) is 0 Å². The fourth-order valence-electron chi connectivity index (χ4n) is 8.74. The summed E-state index contributed by atoms with van der Waals surface area (Å²) in [6.07, 6.45) is -16.8. The normalized spacial score (nSPS) is 31.4. The van der Waals surface area contributed by atoms with Crippen molar-refractivity contribution in [3.8, 4) is 0 Å². The molecular formula is C45H78N10O21. The number of urea groups is 1. The minimum absolute atomic E-state index is 0.0710. The van der Waals surface area contributed by atoms with Crippen LogP contribution in [0, 0.1) is 0 Å². The maximum absolute atomic E-state index is 13.5. The highest BCUT2D eigenvalue weighted by Gasteiger charge is 2.53. The Labute approximate surface area is 438 Å². The summed E-state index contributed by atoms with van der Waals surface area (Å²) in [5.41, 5.74) is 22.8. The summed E-state index contributed by atoms with van der Waals surface area (Å²) in [5, 5.41) is 62.7. The Bertz CT molecular complexity index is 1930. The number of carbonyl (C=O) groups is 7. The Hall–Kier alpha value is -5.16. The third-order valence-corrected chi connectivity index (χ3v) is 12.9. The maximum atomic E-state index is 13.5. The number of carbonyl (C=O) groups excluding carboxylic acids is 7. The fourth-order valence-corrected chi connectivity index (χ4v) is 8.74. The van der Waals surface area contributed by atoms with Crippen LogP contribution >= 0.6 is 0 Å². The van der Waals surface area contributed by atoms with Crippen LogP contribution in [0.3, 0.4) is 0 Å². The quantitative estimate of drug-likeness (QED) is 0.0192. The van der Waals surface area contributed by atoms with E-state index in [-0.39, 0.29) is 44.3 Å². The molecule has 0 aromatic rings.